The summed E-state index contributed by atoms with van der Waals surface area (Å²) in [6.45, 7) is 0. The van der Waals surface area contributed by atoms with Gasteiger partial charge in [-0.3, -0.25) is 14.3 Å². The van der Waals surface area contributed by atoms with Crippen molar-refractivity contribution in [3.63, 3.8) is 0 Å². The Kier molecular flexibility index (Phi) is 3.41. The van der Waals surface area contributed by atoms with E-state index in [0.717, 1.165) is 12.1 Å². The van der Waals surface area contributed by atoms with Crippen molar-refractivity contribution < 1.29 is 13.0 Å². The van der Waals surface area contributed by atoms with Crippen molar-refractivity contribution in [2.24, 2.45) is 0 Å². The van der Waals surface area contributed by atoms with Crippen LogP contribution in [-0.2, 0) is 10.1 Å². The van der Waals surface area contributed by atoms with Crippen LogP contribution in [0.1, 0.15) is 0 Å². The Morgan fingerprint density at radius 2 is 1.76 bits per heavy atom. The maximum Gasteiger partial charge on any atom is 0.326 e. The molecule has 0 unspecified atom stereocenters. The molecule has 2 rings (SSSR count). The van der Waals surface area contributed by atoms with Gasteiger partial charge in [0.1, 0.15) is 0 Å². The fourth-order valence-corrected chi connectivity index (χ4v) is 1.81. The molecule has 92 valence electrons. The predicted octanol–water partition coefficient (Wildman–Crippen LogP) is -0.115. The number of rotatable bonds is 1. The molecule has 0 saturated heterocycles. The Morgan fingerprint density at radius 1 is 1.12 bits per heavy atom. The van der Waals surface area contributed by atoms with E-state index >= 15 is 0 Å². The first kappa shape index (κ1) is 13.4. The van der Waals surface area contributed by atoms with Gasteiger partial charge in [-0.15, -0.1) is 12.4 Å². The first-order valence-electron chi connectivity index (χ1n) is 4.12. The molecule has 0 saturated carbocycles. The molecule has 0 fully saturated rings. The van der Waals surface area contributed by atoms with Crippen molar-refractivity contribution in [3.8, 4) is 0 Å². The fourth-order valence-electron chi connectivity index (χ4n) is 1.30. The number of hydrogen-bond acceptors (Lipinski definition) is 4. The second kappa shape index (κ2) is 4.32. The van der Waals surface area contributed by atoms with Crippen LogP contribution in [0.5, 0.6) is 0 Å². The Labute approximate surface area is 101 Å². The van der Waals surface area contributed by atoms with E-state index in [2.05, 4.69) is 4.98 Å². The maximum absolute atomic E-state index is 11.3. The van der Waals surface area contributed by atoms with Gasteiger partial charge in [-0.05, 0) is 18.2 Å². The molecule has 0 aliphatic carbocycles. The summed E-state index contributed by atoms with van der Waals surface area (Å²) in [6, 6.07) is 3.31. The zero-order valence-electron chi connectivity index (χ0n) is 8.13. The molecule has 0 bridgehead atoms. The van der Waals surface area contributed by atoms with E-state index in [1.54, 1.807) is 0 Å². The number of hydrogen-bond donors (Lipinski definition) is 3. The van der Waals surface area contributed by atoms with E-state index in [9.17, 15) is 18.0 Å². The van der Waals surface area contributed by atoms with Crippen molar-refractivity contribution >= 4 is 33.4 Å². The Hall–Kier alpha value is -1.64. The predicted molar refractivity (Wildman–Crippen MR) is 62.3 cm³/mol. The van der Waals surface area contributed by atoms with Crippen molar-refractivity contribution in [1.82, 2.24) is 9.97 Å². The molecular weight excluding hydrogens is 272 g/mol. The Balaban J connectivity index is 0.00000144. The summed E-state index contributed by atoms with van der Waals surface area (Å²) in [6.07, 6.45) is 0. The third-order valence-corrected chi connectivity index (χ3v) is 2.86. The summed E-state index contributed by atoms with van der Waals surface area (Å²) in [5, 5.41) is -0.0188. The van der Waals surface area contributed by atoms with Crippen molar-refractivity contribution in [1.29, 1.82) is 0 Å². The topological polar surface area (TPSA) is 120 Å². The van der Waals surface area contributed by atoms with Crippen LogP contribution in [0.3, 0.4) is 0 Å². The first-order valence-corrected chi connectivity index (χ1v) is 5.56. The molecule has 1 heterocycles. The average molecular weight is 279 g/mol. The summed E-state index contributed by atoms with van der Waals surface area (Å²) in [4.78, 5) is 26.1. The third kappa shape index (κ3) is 2.54. The van der Waals surface area contributed by atoms with Gasteiger partial charge in [0.25, 0.3) is 15.7 Å². The van der Waals surface area contributed by atoms with Gasteiger partial charge in [0.15, 0.2) is 0 Å². The summed E-state index contributed by atoms with van der Waals surface area (Å²) < 4.78 is 30.4. The number of nitrogens with one attached hydrogen (secondary N) is 2. The minimum atomic E-state index is -4.37. The van der Waals surface area contributed by atoms with Gasteiger partial charge < -0.3 is 4.98 Å². The molecule has 0 aliphatic heterocycles. The van der Waals surface area contributed by atoms with Gasteiger partial charge in [0, 0.05) is 0 Å². The molecule has 0 radical (unpaired) electrons. The average Bonchev–Trinajstić information content (AvgIpc) is 2.15. The second-order valence-electron chi connectivity index (χ2n) is 3.09. The highest BCUT2D eigenvalue weighted by atomic mass is 35.5. The monoisotopic (exact) mass is 278 g/mol. The van der Waals surface area contributed by atoms with Crippen LogP contribution >= 0.6 is 12.4 Å². The van der Waals surface area contributed by atoms with Gasteiger partial charge in [0.05, 0.1) is 15.8 Å². The van der Waals surface area contributed by atoms with Gasteiger partial charge >= 0.3 is 5.69 Å². The van der Waals surface area contributed by atoms with Crippen molar-refractivity contribution in [2.75, 3.05) is 0 Å². The van der Waals surface area contributed by atoms with Crippen LogP contribution < -0.4 is 11.2 Å². The molecular formula is C8H7ClN2O5S. The van der Waals surface area contributed by atoms with Crippen molar-refractivity contribution in [2.45, 2.75) is 4.90 Å². The minimum absolute atomic E-state index is 0. The molecule has 1 aromatic carbocycles. The molecule has 0 spiro atoms. The van der Waals surface area contributed by atoms with Crippen LogP contribution in [0.25, 0.3) is 10.9 Å². The van der Waals surface area contributed by atoms with E-state index in [0.29, 0.717) is 0 Å². The lowest BCUT2D eigenvalue weighted by Crippen LogP contribution is -2.22. The number of fused-ring (bicyclic) bond motifs is 1. The molecule has 9 heteroatoms. The highest BCUT2D eigenvalue weighted by Gasteiger charge is 2.11. The lowest BCUT2D eigenvalue weighted by atomic mass is 10.2. The van der Waals surface area contributed by atoms with Gasteiger partial charge in [-0.25, -0.2) is 4.79 Å². The molecule has 2 aromatic rings. The van der Waals surface area contributed by atoms with Gasteiger partial charge in [-0.1, -0.05) is 0 Å². The largest absolute Gasteiger partial charge is 0.326 e. The number of aromatic amines is 2. The summed E-state index contributed by atoms with van der Waals surface area (Å²) in [5.41, 5.74) is -1.21. The lowest BCUT2D eigenvalue weighted by Gasteiger charge is -1.99. The zero-order chi connectivity index (χ0) is 11.9. The standard InChI is InChI=1S/C8H6N2O5S.ClH/c11-7-5-3-4(16(13,14)15)1-2-6(5)9-8(12)10-7;/h1-3H,(H,13,14,15)(H2,9,10,11,12);1H. The number of aromatic nitrogens is 2. The maximum atomic E-state index is 11.3. The third-order valence-electron chi connectivity index (χ3n) is 2.01. The number of H-pyrrole nitrogens is 2. The Bertz CT molecular complexity index is 776. The number of halogens is 1. The summed E-state index contributed by atoms with van der Waals surface area (Å²) in [5.74, 6) is 0. The molecule has 0 amide bonds. The molecule has 0 aliphatic rings. The van der Waals surface area contributed by atoms with E-state index < -0.39 is 26.3 Å². The first-order chi connectivity index (χ1) is 7.38. The molecule has 7 nitrogen and oxygen atoms in total. The normalized spacial score (nSPS) is 11.1. The SMILES string of the molecule is Cl.O=c1[nH]c(=O)c2cc(S(=O)(=O)O)ccc2[nH]1. The quantitative estimate of drug-likeness (QED) is 0.628. The lowest BCUT2D eigenvalue weighted by molar-refractivity contribution is 0.483. The van der Waals surface area contributed by atoms with Crippen LogP contribution in [0.4, 0.5) is 0 Å². The fraction of sp³-hybridized carbons (Fsp3) is 0. The molecule has 0 atom stereocenters. The van der Waals surface area contributed by atoms with Gasteiger partial charge in [-0.2, -0.15) is 8.42 Å². The van der Waals surface area contributed by atoms with E-state index in [1.807, 2.05) is 4.98 Å². The van der Waals surface area contributed by atoms with Crippen molar-refractivity contribution in [3.05, 3.63) is 39.0 Å². The highest BCUT2D eigenvalue weighted by Crippen LogP contribution is 2.13. The van der Waals surface area contributed by atoms with Crippen LogP contribution in [-0.4, -0.2) is 22.9 Å². The molecule has 3 N–H and O–H groups in total. The van der Waals surface area contributed by atoms with Crippen LogP contribution in [0.15, 0.2) is 32.7 Å². The van der Waals surface area contributed by atoms with E-state index in [-0.39, 0.29) is 23.3 Å². The van der Waals surface area contributed by atoms with Gasteiger partial charge in [0.2, 0.25) is 0 Å². The number of benzene rings is 1. The van der Waals surface area contributed by atoms with Crippen LogP contribution in [0.2, 0.25) is 0 Å². The minimum Gasteiger partial charge on any atom is -0.307 e. The molecule has 1 aromatic heterocycles. The van der Waals surface area contributed by atoms with E-state index in [4.69, 9.17) is 4.55 Å². The zero-order valence-corrected chi connectivity index (χ0v) is 9.76. The van der Waals surface area contributed by atoms with Crippen LogP contribution in [0, 0.1) is 0 Å². The summed E-state index contributed by atoms with van der Waals surface area (Å²) >= 11 is 0. The highest BCUT2D eigenvalue weighted by molar-refractivity contribution is 7.85. The second-order valence-corrected chi connectivity index (χ2v) is 4.51. The smallest absolute Gasteiger partial charge is 0.307 e. The Morgan fingerprint density at radius 3 is 2.35 bits per heavy atom. The molecule has 17 heavy (non-hydrogen) atoms. The van der Waals surface area contributed by atoms with E-state index in [1.165, 1.54) is 6.07 Å². The summed E-state index contributed by atoms with van der Waals surface area (Å²) in [7, 11) is -4.37.